The zero-order valence-corrected chi connectivity index (χ0v) is 8.69. The van der Waals surface area contributed by atoms with Crippen LogP contribution in [0.25, 0.3) is 0 Å². The lowest BCUT2D eigenvalue weighted by Crippen LogP contribution is -2.39. The van der Waals surface area contributed by atoms with Crippen molar-refractivity contribution >= 4 is 0 Å². The molecule has 0 atom stereocenters. The first-order valence-electron chi connectivity index (χ1n) is 4.98. The number of nitrogens with one attached hydrogen (secondary N) is 1. The Hall–Kier alpha value is -0.0800. The van der Waals surface area contributed by atoms with Gasteiger partial charge in [0.2, 0.25) is 0 Å². The summed E-state index contributed by atoms with van der Waals surface area (Å²) < 4.78 is 0. The van der Waals surface area contributed by atoms with Crippen LogP contribution in [0.5, 0.6) is 0 Å². The standard InChI is InChI=1S/C10H22N2/c1-10(5-4-6-10)9-11-7-8-12(2)3/h11H,4-9H2,1-3H3. The van der Waals surface area contributed by atoms with Gasteiger partial charge in [-0.1, -0.05) is 13.3 Å². The van der Waals surface area contributed by atoms with Crippen LogP contribution in [0.3, 0.4) is 0 Å². The van der Waals surface area contributed by atoms with Crippen molar-refractivity contribution in [2.24, 2.45) is 5.41 Å². The number of hydrogen-bond acceptors (Lipinski definition) is 2. The molecule has 0 heterocycles. The molecule has 72 valence electrons. The molecule has 0 bridgehead atoms. The van der Waals surface area contributed by atoms with Crippen LogP contribution in [-0.4, -0.2) is 38.6 Å². The van der Waals surface area contributed by atoms with Gasteiger partial charge in [0.05, 0.1) is 0 Å². The van der Waals surface area contributed by atoms with E-state index in [-0.39, 0.29) is 0 Å². The zero-order valence-electron chi connectivity index (χ0n) is 8.69. The predicted octanol–water partition coefficient (Wildman–Crippen LogP) is 1.33. The summed E-state index contributed by atoms with van der Waals surface area (Å²) in [5, 5.41) is 3.52. The van der Waals surface area contributed by atoms with E-state index in [9.17, 15) is 0 Å². The normalized spacial score (nSPS) is 21.0. The Morgan fingerprint density at radius 1 is 1.33 bits per heavy atom. The van der Waals surface area contributed by atoms with E-state index in [1.165, 1.54) is 25.8 Å². The highest BCUT2D eigenvalue weighted by atomic mass is 15.1. The summed E-state index contributed by atoms with van der Waals surface area (Å²) in [7, 11) is 4.24. The Bertz CT molecular complexity index is 128. The fourth-order valence-electron chi connectivity index (χ4n) is 1.65. The van der Waals surface area contributed by atoms with Gasteiger partial charge in [0.1, 0.15) is 0 Å². The topological polar surface area (TPSA) is 15.3 Å². The SMILES string of the molecule is CN(C)CCNCC1(C)CCC1. The van der Waals surface area contributed by atoms with Crippen LogP contribution >= 0.6 is 0 Å². The van der Waals surface area contributed by atoms with Crippen molar-refractivity contribution in [2.75, 3.05) is 33.7 Å². The van der Waals surface area contributed by atoms with E-state index < -0.39 is 0 Å². The highest BCUT2D eigenvalue weighted by Gasteiger charge is 2.30. The second-order valence-electron chi connectivity index (χ2n) is 4.64. The van der Waals surface area contributed by atoms with E-state index in [4.69, 9.17) is 0 Å². The molecular weight excluding hydrogens is 148 g/mol. The third kappa shape index (κ3) is 3.11. The molecule has 0 saturated heterocycles. The fraction of sp³-hybridized carbons (Fsp3) is 1.00. The van der Waals surface area contributed by atoms with Gasteiger partial charge in [-0.25, -0.2) is 0 Å². The average molecular weight is 170 g/mol. The summed E-state index contributed by atoms with van der Waals surface area (Å²) >= 11 is 0. The molecule has 0 aliphatic heterocycles. The Kier molecular flexibility index (Phi) is 3.53. The molecule has 1 saturated carbocycles. The number of hydrogen-bond donors (Lipinski definition) is 1. The van der Waals surface area contributed by atoms with Crippen molar-refractivity contribution in [3.05, 3.63) is 0 Å². The fourth-order valence-corrected chi connectivity index (χ4v) is 1.65. The molecule has 0 aromatic rings. The molecule has 2 heteroatoms. The van der Waals surface area contributed by atoms with Gasteiger partial charge in [0, 0.05) is 19.6 Å². The Morgan fingerprint density at radius 3 is 2.42 bits per heavy atom. The highest BCUT2D eigenvalue weighted by Crippen LogP contribution is 2.39. The summed E-state index contributed by atoms with van der Waals surface area (Å²) in [6.45, 7) is 5.87. The van der Waals surface area contributed by atoms with Crippen molar-refractivity contribution in [2.45, 2.75) is 26.2 Å². The van der Waals surface area contributed by atoms with Crippen molar-refractivity contribution in [3.8, 4) is 0 Å². The summed E-state index contributed by atoms with van der Waals surface area (Å²) in [5.41, 5.74) is 0.631. The second kappa shape index (κ2) is 4.24. The molecule has 0 radical (unpaired) electrons. The van der Waals surface area contributed by atoms with E-state index >= 15 is 0 Å². The first kappa shape index (κ1) is 10.0. The molecule has 0 amide bonds. The smallest absolute Gasteiger partial charge is 0.0101 e. The van der Waals surface area contributed by atoms with Gasteiger partial charge in [0.15, 0.2) is 0 Å². The molecule has 0 aromatic carbocycles. The first-order valence-corrected chi connectivity index (χ1v) is 4.98. The molecule has 0 aromatic heterocycles. The lowest BCUT2D eigenvalue weighted by Gasteiger charge is -2.38. The molecule has 2 nitrogen and oxygen atoms in total. The first-order chi connectivity index (χ1) is 5.62. The highest BCUT2D eigenvalue weighted by molar-refractivity contribution is 4.85. The van der Waals surface area contributed by atoms with Crippen molar-refractivity contribution in [1.29, 1.82) is 0 Å². The van der Waals surface area contributed by atoms with Crippen LogP contribution in [0.15, 0.2) is 0 Å². The molecule has 1 aliphatic carbocycles. The third-order valence-electron chi connectivity index (χ3n) is 2.85. The van der Waals surface area contributed by atoms with Crippen LogP contribution in [0, 0.1) is 5.41 Å². The van der Waals surface area contributed by atoms with Crippen molar-refractivity contribution in [1.82, 2.24) is 10.2 Å². The number of likely N-dealkylation sites (N-methyl/N-ethyl adjacent to an activating group) is 1. The van der Waals surface area contributed by atoms with Crippen LogP contribution in [0.1, 0.15) is 26.2 Å². The molecule has 1 N–H and O–H groups in total. The molecule has 1 fully saturated rings. The third-order valence-corrected chi connectivity index (χ3v) is 2.85. The van der Waals surface area contributed by atoms with E-state index in [1.54, 1.807) is 0 Å². The van der Waals surface area contributed by atoms with Crippen LogP contribution < -0.4 is 5.32 Å². The largest absolute Gasteiger partial charge is 0.315 e. The van der Waals surface area contributed by atoms with Gasteiger partial charge >= 0.3 is 0 Å². The molecule has 0 spiro atoms. The van der Waals surface area contributed by atoms with Gasteiger partial charge in [-0.3, -0.25) is 0 Å². The molecule has 1 rings (SSSR count). The molecular formula is C10H22N2. The van der Waals surface area contributed by atoms with E-state index in [2.05, 4.69) is 31.2 Å². The monoisotopic (exact) mass is 170 g/mol. The molecule has 0 unspecified atom stereocenters. The van der Waals surface area contributed by atoms with Crippen molar-refractivity contribution in [3.63, 3.8) is 0 Å². The summed E-state index contributed by atoms with van der Waals surface area (Å²) in [6, 6.07) is 0. The minimum atomic E-state index is 0.631. The van der Waals surface area contributed by atoms with Gasteiger partial charge < -0.3 is 10.2 Å². The maximum Gasteiger partial charge on any atom is 0.0101 e. The van der Waals surface area contributed by atoms with Gasteiger partial charge in [-0.15, -0.1) is 0 Å². The Balaban J connectivity index is 1.95. The Morgan fingerprint density at radius 2 is 2.00 bits per heavy atom. The predicted molar refractivity (Wildman–Crippen MR) is 53.4 cm³/mol. The van der Waals surface area contributed by atoms with E-state index in [1.807, 2.05) is 0 Å². The molecule has 12 heavy (non-hydrogen) atoms. The molecule has 1 aliphatic rings. The second-order valence-corrected chi connectivity index (χ2v) is 4.64. The van der Waals surface area contributed by atoms with Gasteiger partial charge in [-0.2, -0.15) is 0 Å². The van der Waals surface area contributed by atoms with E-state index in [0.29, 0.717) is 5.41 Å². The van der Waals surface area contributed by atoms with Gasteiger partial charge in [0.25, 0.3) is 0 Å². The van der Waals surface area contributed by atoms with Gasteiger partial charge in [-0.05, 0) is 32.4 Å². The minimum Gasteiger partial charge on any atom is -0.315 e. The summed E-state index contributed by atoms with van der Waals surface area (Å²) in [5.74, 6) is 0. The zero-order chi connectivity index (χ0) is 9.03. The van der Waals surface area contributed by atoms with E-state index in [0.717, 1.165) is 13.1 Å². The summed E-state index contributed by atoms with van der Waals surface area (Å²) in [4.78, 5) is 2.22. The lowest BCUT2D eigenvalue weighted by atomic mass is 9.70. The van der Waals surface area contributed by atoms with Crippen LogP contribution in [-0.2, 0) is 0 Å². The van der Waals surface area contributed by atoms with Crippen molar-refractivity contribution < 1.29 is 0 Å². The number of rotatable bonds is 5. The maximum absolute atomic E-state index is 3.52. The summed E-state index contributed by atoms with van der Waals surface area (Å²) in [6.07, 6.45) is 4.27. The van der Waals surface area contributed by atoms with Crippen LogP contribution in [0.2, 0.25) is 0 Å². The van der Waals surface area contributed by atoms with Crippen LogP contribution in [0.4, 0.5) is 0 Å². The number of nitrogens with zero attached hydrogens (tertiary/aromatic N) is 1. The minimum absolute atomic E-state index is 0.631. The lowest BCUT2D eigenvalue weighted by molar-refractivity contribution is 0.156. The quantitative estimate of drug-likeness (QED) is 0.626. The Labute approximate surface area is 76.3 Å². The maximum atomic E-state index is 3.52. The average Bonchev–Trinajstić information content (AvgIpc) is 1.94.